The van der Waals surface area contributed by atoms with E-state index in [2.05, 4.69) is 16.2 Å². The molecular formula is C9H10N2OS. The fourth-order valence-electron chi connectivity index (χ4n) is 1.07. The van der Waals surface area contributed by atoms with Gasteiger partial charge in [-0.05, 0) is 11.4 Å². The van der Waals surface area contributed by atoms with Gasteiger partial charge in [0, 0.05) is 11.3 Å². The van der Waals surface area contributed by atoms with Gasteiger partial charge in [-0.15, -0.1) is 11.3 Å². The molecular weight excluding hydrogens is 184 g/mol. The lowest BCUT2D eigenvalue weighted by molar-refractivity contribution is 0.380. The van der Waals surface area contributed by atoms with Gasteiger partial charge in [-0.3, -0.25) is 0 Å². The molecule has 0 aliphatic heterocycles. The Labute approximate surface area is 80.4 Å². The molecule has 0 saturated carbocycles. The molecule has 0 atom stereocenters. The highest BCUT2D eigenvalue weighted by molar-refractivity contribution is 7.09. The Morgan fingerprint density at radius 2 is 2.46 bits per heavy atom. The smallest absolute Gasteiger partial charge is 0.231 e. The molecule has 13 heavy (non-hydrogen) atoms. The predicted octanol–water partition coefficient (Wildman–Crippen LogP) is 2.28. The van der Waals surface area contributed by atoms with Gasteiger partial charge in [0.05, 0.1) is 6.42 Å². The van der Waals surface area contributed by atoms with Gasteiger partial charge in [0.2, 0.25) is 5.89 Å². The fraction of sp³-hybridized carbons (Fsp3) is 0.333. The van der Waals surface area contributed by atoms with E-state index >= 15 is 0 Å². The van der Waals surface area contributed by atoms with Crippen molar-refractivity contribution >= 4 is 11.3 Å². The SMILES string of the molecule is CCc1noc(Cc2cccs2)n1. The molecule has 68 valence electrons. The van der Waals surface area contributed by atoms with E-state index in [4.69, 9.17) is 4.52 Å². The first-order valence-corrected chi connectivity index (χ1v) is 5.10. The Balaban J connectivity index is 2.10. The highest BCUT2D eigenvalue weighted by Crippen LogP contribution is 2.13. The van der Waals surface area contributed by atoms with Gasteiger partial charge in [0.15, 0.2) is 5.82 Å². The monoisotopic (exact) mass is 194 g/mol. The molecule has 0 amide bonds. The average molecular weight is 194 g/mol. The summed E-state index contributed by atoms with van der Waals surface area (Å²) in [5, 5.41) is 5.88. The minimum Gasteiger partial charge on any atom is -0.339 e. The van der Waals surface area contributed by atoms with Crippen LogP contribution in [0.5, 0.6) is 0 Å². The van der Waals surface area contributed by atoms with Crippen LogP contribution < -0.4 is 0 Å². The maximum absolute atomic E-state index is 5.07. The Morgan fingerprint density at radius 1 is 1.54 bits per heavy atom. The van der Waals surface area contributed by atoms with Gasteiger partial charge in [-0.2, -0.15) is 4.98 Å². The third kappa shape index (κ3) is 1.95. The lowest BCUT2D eigenvalue weighted by atomic mass is 10.3. The molecule has 0 saturated heterocycles. The molecule has 0 unspecified atom stereocenters. The van der Waals surface area contributed by atoms with Crippen LogP contribution in [0.2, 0.25) is 0 Å². The van der Waals surface area contributed by atoms with E-state index in [-0.39, 0.29) is 0 Å². The molecule has 0 spiro atoms. The summed E-state index contributed by atoms with van der Waals surface area (Å²) in [6, 6.07) is 4.09. The fourth-order valence-corrected chi connectivity index (χ4v) is 1.76. The van der Waals surface area contributed by atoms with Crippen molar-refractivity contribution < 1.29 is 4.52 Å². The molecule has 0 aromatic carbocycles. The van der Waals surface area contributed by atoms with Crippen molar-refractivity contribution in [3.63, 3.8) is 0 Å². The van der Waals surface area contributed by atoms with Crippen molar-refractivity contribution in [3.05, 3.63) is 34.1 Å². The largest absolute Gasteiger partial charge is 0.339 e. The Morgan fingerprint density at radius 3 is 3.08 bits per heavy atom. The zero-order chi connectivity index (χ0) is 9.10. The van der Waals surface area contributed by atoms with E-state index in [1.165, 1.54) is 4.88 Å². The maximum atomic E-state index is 5.07. The standard InChI is InChI=1S/C9H10N2OS/c1-2-8-10-9(12-11-8)6-7-4-3-5-13-7/h3-5H,2,6H2,1H3. The van der Waals surface area contributed by atoms with Gasteiger partial charge < -0.3 is 4.52 Å². The van der Waals surface area contributed by atoms with Gasteiger partial charge >= 0.3 is 0 Å². The zero-order valence-corrected chi connectivity index (χ0v) is 8.17. The molecule has 0 aliphatic carbocycles. The molecule has 0 aliphatic rings. The lowest BCUT2D eigenvalue weighted by Crippen LogP contribution is -1.86. The number of nitrogens with zero attached hydrogens (tertiary/aromatic N) is 2. The van der Waals surface area contributed by atoms with Gasteiger partial charge in [-0.25, -0.2) is 0 Å². The van der Waals surface area contributed by atoms with E-state index < -0.39 is 0 Å². The third-order valence-electron chi connectivity index (χ3n) is 1.73. The molecule has 2 aromatic rings. The molecule has 0 N–H and O–H groups in total. The van der Waals surface area contributed by atoms with Gasteiger partial charge in [0.25, 0.3) is 0 Å². The summed E-state index contributed by atoms with van der Waals surface area (Å²) in [5.41, 5.74) is 0. The maximum Gasteiger partial charge on any atom is 0.231 e. The minimum atomic E-state index is 0.708. The molecule has 3 nitrogen and oxygen atoms in total. The normalized spacial score (nSPS) is 10.5. The highest BCUT2D eigenvalue weighted by Gasteiger charge is 2.05. The van der Waals surface area contributed by atoms with Crippen LogP contribution in [0.25, 0.3) is 0 Å². The van der Waals surface area contributed by atoms with Crippen LogP contribution in [0.4, 0.5) is 0 Å². The highest BCUT2D eigenvalue weighted by atomic mass is 32.1. The second-order valence-corrected chi connectivity index (χ2v) is 3.75. The van der Waals surface area contributed by atoms with Gasteiger partial charge in [-0.1, -0.05) is 18.1 Å². The molecule has 0 bridgehead atoms. The first kappa shape index (κ1) is 8.44. The number of thiophene rings is 1. The topological polar surface area (TPSA) is 38.9 Å². The van der Waals surface area contributed by atoms with Crippen LogP contribution in [-0.4, -0.2) is 10.1 Å². The minimum absolute atomic E-state index is 0.708. The third-order valence-corrected chi connectivity index (χ3v) is 2.61. The first-order valence-electron chi connectivity index (χ1n) is 4.22. The second kappa shape index (κ2) is 3.70. The van der Waals surface area contributed by atoms with Crippen molar-refractivity contribution in [2.24, 2.45) is 0 Å². The molecule has 0 fully saturated rings. The zero-order valence-electron chi connectivity index (χ0n) is 7.36. The molecule has 2 rings (SSSR count). The number of aromatic nitrogens is 2. The van der Waals surface area contributed by atoms with Crippen molar-refractivity contribution in [2.75, 3.05) is 0 Å². The van der Waals surface area contributed by atoms with Crippen LogP contribution >= 0.6 is 11.3 Å². The van der Waals surface area contributed by atoms with E-state index in [0.29, 0.717) is 5.89 Å². The summed E-state index contributed by atoms with van der Waals surface area (Å²) in [7, 11) is 0. The Bertz CT molecular complexity index is 367. The van der Waals surface area contributed by atoms with Crippen molar-refractivity contribution in [1.82, 2.24) is 10.1 Å². The summed E-state index contributed by atoms with van der Waals surface area (Å²) >= 11 is 1.71. The van der Waals surface area contributed by atoms with E-state index in [9.17, 15) is 0 Å². The van der Waals surface area contributed by atoms with Crippen LogP contribution in [0, 0.1) is 0 Å². The molecule has 0 radical (unpaired) electrons. The van der Waals surface area contributed by atoms with Crippen LogP contribution in [0.3, 0.4) is 0 Å². The van der Waals surface area contributed by atoms with Crippen molar-refractivity contribution in [2.45, 2.75) is 19.8 Å². The average Bonchev–Trinajstić information content (AvgIpc) is 2.76. The Hall–Kier alpha value is -1.16. The molecule has 2 aromatic heterocycles. The molecule has 4 heteroatoms. The second-order valence-electron chi connectivity index (χ2n) is 2.71. The lowest BCUT2D eigenvalue weighted by Gasteiger charge is -1.87. The van der Waals surface area contributed by atoms with Crippen molar-refractivity contribution in [1.29, 1.82) is 0 Å². The van der Waals surface area contributed by atoms with E-state index in [1.54, 1.807) is 11.3 Å². The molecule has 2 heterocycles. The van der Waals surface area contributed by atoms with Crippen molar-refractivity contribution in [3.8, 4) is 0 Å². The van der Waals surface area contributed by atoms with Gasteiger partial charge in [0.1, 0.15) is 0 Å². The summed E-state index contributed by atoms with van der Waals surface area (Å²) in [6.45, 7) is 2.01. The van der Waals surface area contributed by atoms with Crippen LogP contribution in [-0.2, 0) is 12.8 Å². The van der Waals surface area contributed by atoms with E-state index in [1.807, 2.05) is 18.4 Å². The van der Waals surface area contributed by atoms with Crippen LogP contribution in [0.15, 0.2) is 22.0 Å². The summed E-state index contributed by atoms with van der Waals surface area (Å²) in [5.74, 6) is 1.49. The first-order chi connectivity index (χ1) is 6.38. The quantitative estimate of drug-likeness (QED) is 0.752. The predicted molar refractivity (Wildman–Crippen MR) is 50.8 cm³/mol. The van der Waals surface area contributed by atoms with Crippen LogP contribution in [0.1, 0.15) is 23.5 Å². The number of hydrogen-bond acceptors (Lipinski definition) is 4. The summed E-state index contributed by atoms with van der Waals surface area (Å²) < 4.78 is 5.07. The van der Waals surface area contributed by atoms with E-state index in [0.717, 1.165) is 18.7 Å². The number of aryl methyl sites for hydroxylation is 1. The number of rotatable bonds is 3. The summed E-state index contributed by atoms with van der Waals surface area (Å²) in [6.07, 6.45) is 1.58. The Kier molecular flexibility index (Phi) is 2.40. The number of hydrogen-bond donors (Lipinski definition) is 0. The summed E-state index contributed by atoms with van der Waals surface area (Å²) in [4.78, 5) is 5.49.